The summed E-state index contributed by atoms with van der Waals surface area (Å²) in [4.78, 5) is 11.1. The molecule has 4 nitrogen and oxygen atoms in total. The molecule has 0 aliphatic carbocycles. The lowest BCUT2D eigenvalue weighted by molar-refractivity contribution is 0.988. The number of nitrogens with one attached hydrogen (secondary N) is 1. The van der Waals surface area contributed by atoms with Gasteiger partial charge < -0.3 is 0 Å². The Morgan fingerprint density at radius 2 is 2.06 bits per heavy atom. The Morgan fingerprint density at radius 1 is 1.29 bits per heavy atom. The normalized spacial score (nSPS) is 9.94. The first-order valence-electron chi connectivity index (χ1n) is 5.19. The molecule has 84 valence electrons. The number of hydrogen-bond acceptors (Lipinski definition) is 3. The maximum absolute atomic E-state index is 11.1. The molecule has 0 unspecified atom stereocenters. The molecule has 4 heteroatoms. The number of rotatable bonds is 1. The van der Waals surface area contributed by atoms with Crippen molar-refractivity contribution < 1.29 is 0 Å². The summed E-state index contributed by atoms with van der Waals surface area (Å²) < 4.78 is 0. The molecule has 1 N–H and O–H groups in total. The molecule has 0 spiro atoms. The van der Waals surface area contributed by atoms with Gasteiger partial charge in [-0.2, -0.15) is 10.4 Å². The zero-order chi connectivity index (χ0) is 12.4. The van der Waals surface area contributed by atoms with Gasteiger partial charge in [-0.25, -0.2) is 5.10 Å². The summed E-state index contributed by atoms with van der Waals surface area (Å²) >= 11 is 0. The van der Waals surface area contributed by atoms with Crippen molar-refractivity contribution in [2.24, 2.45) is 0 Å². The van der Waals surface area contributed by atoms with E-state index >= 15 is 0 Å². The van der Waals surface area contributed by atoms with E-state index in [1.807, 2.05) is 38.1 Å². The van der Waals surface area contributed by atoms with Crippen LogP contribution in [0.1, 0.15) is 16.7 Å². The first-order chi connectivity index (χ1) is 8.11. The molecule has 0 aliphatic rings. The lowest BCUT2D eigenvalue weighted by atomic mass is 10.00. The van der Waals surface area contributed by atoms with Crippen molar-refractivity contribution >= 4 is 0 Å². The van der Waals surface area contributed by atoms with E-state index in [1.54, 1.807) is 0 Å². The molecular weight excluding hydrogens is 214 g/mol. The van der Waals surface area contributed by atoms with Gasteiger partial charge in [0.05, 0.1) is 5.56 Å². The van der Waals surface area contributed by atoms with Crippen LogP contribution >= 0.6 is 0 Å². The maximum atomic E-state index is 11.1. The molecular formula is C13H11N3O. The Hall–Kier alpha value is -2.41. The number of aryl methyl sites for hydroxylation is 2. The monoisotopic (exact) mass is 225 g/mol. The average Bonchev–Trinajstić information content (AvgIpc) is 2.32. The van der Waals surface area contributed by atoms with Crippen molar-refractivity contribution in [2.75, 3.05) is 0 Å². The van der Waals surface area contributed by atoms with Gasteiger partial charge in [0, 0.05) is 11.6 Å². The van der Waals surface area contributed by atoms with Gasteiger partial charge >= 0.3 is 0 Å². The van der Waals surface area contributed by atoms with Crippen LogP contribution in [0.4, 0.5) is 0 Å². The van der Waals surface area contributed by atoms with Crippen molar-refractivity contribution in [1.82, 2.24) is 10.2 Å². The predicted molar refractivity (Wildman–Crippen MR) is 64.5 cm³/mol. The van der Waals surface area contributed by atoms with Crippen LogP contribution in [0.5, 0.6) is 0 Å². The van der Waals surface area contributed by atoms with Gasteiger partial charge in [0.2, 0.25) is 0 Å². The summed E-state index contributed by atoms with van der Waals surface area (Å²) in [6.07, 6.45) is 0. The number of H-pyrrole nitrogens is 1. The first-order valence-corrected chi connectivity index (χ1v) is 5.19. The largest absolute Gasteiger partial charge is 0.268 e. The van der Waals surface area contributed by atoms with Gasteiger partial charge in [-0.15, -0.1) is 0 Å². The molecule has 0 saturated heterocycles. The van der Waals surface area contributed by atoms with Crippen molar-refractivity contribution in [2.45, 2.75) is 13.8 Å². The van der Waals surface area contributed by atoms with Crippen LogP contribution in [0.3, 0.4) is 0 Å². The molecule has 1 aromatic carbocycles. The van der Waals surface area contributed by atoms with E-state index in [2.05, 4.69) is 10.2 Å². The second kappa shape index (κ2) is 4.22. The third-order valence-electron chi connectivity index (χ3n) is 2.58. The highest BCUT2D eigenvalue weighted by Crippen LogP contribution is 2.24. The molecule has 0 saturated carbocycles. The fraction of sp³-hybridized carbons (Fsp3) is 0.154. The standard InChI is InChI=1S/C13H11N3O/c1-8-3-4-9(2)11(5-8)13-10(7-14)6-12(17)15-16-13/h3-6H,1-2H3,(H,15,17). The topological polar surface area (TPSA) is 69.5 Å². The Balaban J connectivity index is 2.73. The molecule has 0 atom stereocenters. The average molecular weight is 225 g/mol. The van der Waals surface area contributed by atoms with Gasteiger partial charge in [0.15, 0.2) is 0 Å². The smallest absolute Gasteiger partial charge is 0.265 e. The molecule has 0 aliphatic heterocycles. The van der Waals surface area contributed by atoms with Crippen molar-refractivity contribution in [1.29, 1.82) is 5.26 Å². The third-order valence-corrected chi connectivity index (χ3v) is 2.58. The summed E-state index contributed by atoms with van der Waals surface area (Å²) in [5.74, 6) is 0. The molecule has 0 fully saturated rings. The highest BCUT2D eigenvalue weighted by atomic mass is 16.1. The summed E-state index contributed by atoms with van der Waals surface area (Å²) in [5.41, 5.74) is 3.43. The summed E-state index contributed by atoms with van der Waals surface area (Å²) in [6, 6.07) is 9.19. The summed E-state index contributed by atoms with van der Waals surface area (Å²) in [7, 11) is 0. The van der Waals surface area contributed by atoms with Crippen LogP contribution < -0.4 is 5.56 Å². The van der Waals surface area contributed by atoms with Crippen LogP contribution in [0.15, 0.2) is 29.1 Å². The number of aromatic nitrogens is 2. The number of benzene rings is 1. The minimum Gasteiger partial charge on any atom is -0.268 e. The van der Waals surface area contributed by atoms with E-state index < -0.39 is 0 Å². The minimum atomic E-state index is -0.365. The third kappa shape index (κ3) is 2.08. The van der Waals surface area contributed by atoms with E-state index in [9.17, 15) is 4.79 Å². The van der Waals surface area contributed by atoms with E-state index in [-0.39, 0.29) is 5.56 Å². The second-order valence-corrected chi connectivity index (χ2v) is 3.92. The SMILES string of the molecule is Cc1ccc(C)c(-c2n[nH]c(=O)cc2C#N)c1. The number of nitrogens with zero attached hydrogens (tertiary/aromatic N) is 2. The quantitative estimate of drug-likeness (QED) is 0.806. The van der Waals surface area contributed by atoms with Crippen molar-refractivity contribution in [3.8, 4) is 17.3 Å². The van der Waals surface area contributed by atoms with Gasteiger partial charge in [-0.05, 0) is 25.5 Å². The fourth-order valence-corrected chi connectivity index (χ4v) is 1.68. The van der Waals surface area contributed by atoms with Gasteiger partial charge in [-0.1, -0.05) is 17.7 Å². The second-order valence-electron chi connectivity index (χ2n) is 3.92. The zero-order valence-electron chi connectivity index (χ0n) is 9.61. The van der Waals surface area contributed by atoms with E-state index in [0.717, 1.165) is 16.7 Å². The van der Waals surface area contributed by atoms with Crippen molar-refractivity contribution in [3.63, 3.8) is 0 Å². The Labute approximate surface area is 98.5 Å². The van der Waals surface area contributed by atoms with Gasteiger partial charge in [0.1, 0.15) is 11.8 Å². The maximum Gasteiger partial charge on any atom is 0.265 e. The molecule has 2 aromatic rings. The number of nitriles is 1. The fourth-order valence-electron chi connectivity index (χ4n) is 1.68. The molecule has 0 radical (unpaired) electrons. The highest BCUT2D eigenvalue weighted by Gasteiger charge is 2.10. The van der Waals surface area contributed by atoms with Crippen LogP contribution in [0.2, 0.25) is 0 Å². The van der Waals surface area contributed by atoms with Crippen LogP contribution in [-0.2, 0) is 0 Å². The van der Waals surface area contributed by atoms with Gasteiger partial charge in [0.25, 0.3) is 5.56 Å². The molecule has 1 aromatic heterocycles. The number of hydrogen-bond donors (Lipinski definition) is 1. The van der Waals surface area contributed by atoms with Crippen molar-refractivity contribution in [3.05, 3.63) is 51.3 Å². The minimum absolute atomic E-state index is 0.294. The molecule has 2 rings (SSSR count). The van der Waals surface area contributed by atoms with E-state index in [0.29, 0.717) is 11.3 Å². The molecule has 0 bridgehead atoms. The Bertz CT molecular complexity index is 665. The number of aromatic amines is 1. The van der Waals surface area contributed by atoms with Crippen LogP contribution in [0, 0.1) is 25.2 Å². The van der Waals surface area contributed by atoms with E-state index in [4.69, 9.17) is 5.26 Å². The lowest BCUT2D eigenvalue weighted by Gasteiger charge is -2.07. The molecule has 0 amide bonds. The van der Waals surface area contributed by atoms with Crippen LogP contribution in [0.25, 0.3) is 11.3 Å². The molecule has 17 heavy (non-hydrogen) atoms. The Kier molecular flexibility index (Phi) is 2.75. The highest BCUT2D eigenvalue weighted by molar-refractivity contribution is 5.69. The predicted octanol–water partition coefficient (Wildman–Crippen LogP) is 1.93. The first kappa shape index (κ1) is 11.1. The van der Waals surface area contributed by atoms with Crippen LogP contribution in [-0.4, -0.2) is 10.2 Å². The summed E-state index contributed by atoms with van der Waals surface area (Å²) in [6.45, 7) is 3.92. The summed E-state index contributed by atoms with van der Waals surface area (Å²) in [5, 5.41) is 15.3. The molecule has 1 heterocycles. The lowest BCUT2D eigenvalue weighted by Crippen LogP contribution is -2.09. The van der Waals surface area contributed by atoms with Gasteiger partial charge in [-0.3, -0.25) is 4.79 Å². The Morgan fingerprint density at radius 3 is 2.76 bits per heavy atom. The van der Waals surface area contributed by atoms with E-state index in [1.165, 1.54) is 6.07 Å². The zero-order valence-corrected chi connectivity index (χ0v) is 9.61.